The van der Waals surface area contributed by atoms with Gasteiger partial charge in [0.2, 0.25) is 0 Å². The molecule has 0 amide bonds. The second-order valence-electron chi connectivity index (χ2n) is 12.0. The van der Waals surface area contributed by atoms with Crippen LogP contribution in [0.1, 0.15) is 23.5 Å². The molecule has 262 valence electrons. The van der Waals surface area contributed by atoms with E-state index in [1.165, 1.54) is 12.4 Å². The maximum Gasteiger partial charge on any atom is 0.310 e. The highest BCUT2D eigenvalue weighted by Crippen LogP contribution is 2.33. The summed E-state index contributed by atoms with van der Waals surface area (Å²) in [6.07, 6.45) is 2.26. The van der Waals surface area contributed by atoms with Crippen molar-refractivity contribution in [3.8, 4) is 17.2 Å². The van der Waals surface area contributed by atoms with Crippen molar-refractivity contribution >= 4 is 16.5 Å². The maximum atomic E-state index is 11.2. The number of aliphatic hydroxyl groups excluding tert-OH is 1. The van der Waals surface area contributed by atoms with Gasteiger partial charge in [0.15, 0.2) is 5.75 Å². The number of piperidine rings is 1. The number of hydrogen-bond donors (Lipinski definition) is 2. The van der Waals surface area contributed by atoms with Crippen LogP contribution in [0.25, 0.3) is 10.8 Å². The van der Waals surface area contributed by atoms with E-state index in [2.05, 4.69) is 27.5 Å². The summed E-state index contributed by atoms with van der Waals surface area (Å²) in [5, 5.41) is 31.6. The van der Waals surface area contributed by atoms with Crippen LogP contribution >= 0.6 is 0 Å². The average molecular weight is 684 g/mol. The molecular weight excluding hydrogens is 642 g/mol. The van der Waals surface area contributed by atoms with Crippen molar-refractivity contribution in [2.45, 2.75) is 43.8 Å². The van der Waals surface area contributed by atoms with Gasteiger partial charge in [-0.1, -0.05) is 48.5 Å². The molecule has 0 saturated carbocycles. The zero-order valence-electron chi connectivity index (χ0n) is 27.8. The number of aromatic nitrogens is 3. The minimum atomic E-state index is -0.767. The molecule has 13 nitrogen and oxygen atoms in total. The molecule has 4 aromatic carbocycles. The number of aliphatic hydroxyl groups is 1. The Hall–Kier alpha value is -5.08. The molecule has 50 heavy (non-hydrogen) atoms. The quantitative estimate of drug-likeness (QED) is 0.0781. The lowest BCUT2D eigenvalue weighted by Gasteiger charge is -2.39. The highest BCUT2D eigenvalue weighted by atomic mass is 16.6. The molecule has 13 heteroatoms. The van der Waals surface area contributed by atoms with Crippen LogP contribution in [0.5, 0.6) is 17.2 Å². The Balaban J connectivity index is 1.11. The van der Waals surface area contributed by atoms with Gasteiger partial charge in [-0.05, 0) is 46.8 Å². The molecule has 0 radical (unpaired) electrons. The number of hydrogen-bond acceptors (Lipinski definition) is 11. The smallest absolute Gasteiger partial charge is 0.310 e. The molecule has 0 aliphatic carbocycles. The van der Waals surface area contributed by atoms with Crippen LogP contribution in [0, 0.1) is 10.1 Å². The highest BCUT2D eigenvalue weighted by molar-refractivity contribution is 5.89. The predicted octanol–water partition coefficient (Wildman–Crippen LogP) is 4.91. The molecule has 1 aliphatic rings. The Morgan fingerprint density at radius 1 is 0.960 bits per heavy atom. The first kappa shape index (κ1) is 34.8. The molecule has 6 rings (SSSR count). The number of fused-ring (bicyclic) bond motifs is 1. The number of para-hydroxylation sites is 2. The van der Waals surface area contributed by atoms with Gasteiger partial charge in [0.1, 0.15) is 24.2 Å². The summed E-state index contributed by atoms with van der Waals surface area (Å²) in [5.41, 5.74) is 1.96. The van der Waals surface area contributed by atoms with Crippen molar-refractivity contribution in [1.82, 2.24) is 20.1 Å². The second-order valence-corrected chi connectivity index (χ2v) is 12.0. The third-order valence-corrected chi connectivity index (χ3v) is 8.57. The van der Waals surface area contributed by atoms with Crippen LogP contribution in [-0.4, -0.2) is 83.1 Å². The van der Waals surface area contributed by atoms with E-state index >= 15 is 0 Å². The second kappa shape index (κ2) is 17.0. The molecule has 1 fully saturated rings. The highest BCUT2D eigenvalue weighted by Gasteiger charge is 2.36. The Morgan fingerprint density at radius 3 is 2.50 bits per heavy atom. The standard InChI is InChI=1S/C37H41N5O8/c1-46-34-18-26(17-28-7-2-3-8-31(28)34)22-49-35-19-38-20-36(50-23-29(43)21-41-25-39-24-40-41)37(35)27-11-13-30(14-12-27)47-15-6-16-48-33-10-5-4-9-32(33)42(44)45/h2-5,7-14,17-18,24-25,29,35-38,43H,6,15-16,19-23H2,1H3/t29-,35+,36-,37-/m1/s1. The number of nitro benzene ring substituents is 1. The van der Waals surface area contributed by atoms with E-state index in [1.807, 2.05) is 48.5 Å². The third kappa shape index (κ3) is 8.93. The van der Waals surface area contributed by atoms with Gasteiger partial charge >= 0.3 is 5.69 Å². The number of ether oxygens (including phenoxy) is 5. The summed E-state index contributed by atoms with van der Waals surface area (Å²) in [6, 6.07) is 26.4. The van der Waals surface area contributed by atoms with Crippen LogP contribution in [-0.2, 0) is 22.6 Å². The Kier molecular flexibility index (Phi) is 11.8. The van der Waals surface area contributed by atoms with Crippen molar-refractivity contribution in [2.75, 3.05) is 40.0 Å². The molecule has 5 aromatic rings. The van der Waals surface area contributed by atoms with Crippen molar-refractivity contribution in [3.05, 3.63) is 119 Å². The summed E-state index contributed by atoms with van der Waals surface area (Å²) >= 11 is 0. The number of rotatable bonds is 17. The normalized spacial score (nSPS) is 18.1. The van der Waals surface area contributed by atoms with Gasteiger partial charge in [-0.25, -0.2) is 4.98 Å². The van der Waals surface area contributed by atoms with Gasteiger partial charge in [-0.3, -0.25) is 14.8 Å². The number of benzene rings is 4. The Morgan fingerprint density at radius 2 is 1.72 bits per heavy atom. The number of methoxy groups -OCH3 is 1. The summed E-state index contributed by atoms with van der Waals surface area (Å²) in [4.78, 5) is 14.7. The van der Waals surface area contributed by atoms with Gasteiger partial charge in [0, 0.05) is 36.9 Å². The lowest BCUT2D eigenvalue weighted by molar-refractivity contribution is -0.385. The molecular formula is C37H41N5O8. The third-order valence-electron chi connectivity index (χ3n) is 8.57. The van der Waals surface area contributed by atoms with E-state index in [4.69, 9.17) is 23.7 Å². The van der Waals surface area contributed by atoms with E-state index < -0.39 is 11.0 Å². The van der Waals surface area contributed by atoms with Crippen molar-refractivity contribution in [2.24, 2.45) is 0 Å². The van der Waals surface area contributed by atoms with Crippen LogP contribution in [0.4, 0.5) is 5.69 Å². The number of nitrogens with one attached hydrogen (secondary N) is 1. The zero-order valence-corrected chi connectivity index (χ0v) is 27.8. The van der Waals surface area contributed by atoms with E-state index in [9.17, 15) is 15.2 Å². The zero-order chi connectivity index (χ0) is 34.7. The van der Waals surface area contributed by atoms with Crippen molar-refractivity contribution < 1.29 is 33.7 Å². The molecule has 1 aliphatic heterocycles. The monoisotopic (exact) mass is 683 g/mol. The Bertz CT molecular complexity index is 1820. The van der Waals surface area contributed by atoms with E-state index in [-0.39, 0.29) is 49.3 Å². The molecule has 0 spiro atoms. The lowest BCUT2D eigenvalue weighted by atomic mass is 9.85. The van der Waals surface area contributed by atoms with Crippen LogP contribution in [0.3, 0.4) is 0 Å². The fraction of sp³-hybridized carbons (Fsp3) is 0.351. The Labute approximate surface area is 289 Å². The summed E-state index contributed by atoms with van der Waals surface area (Å²) in [6.45, 7) is 2.63. The first-order valence-corrected chi connectivity index (χ1v) is 16.6. The summed E-state index contributed by atoms with van der Waals surface area (Å²) in [5.74, 6) is 1.59. The van der Waals surface area contributed by atoms with Crippen molar-refractivity contribution in [3.63, 3.8) is 0 Å². The van der Waals surface area contributed by atoms with E-state index in [1.54, 1.807) is 36.3 Å². The molecule has 1 saturated heterocycles. The van der Waals surface area contributed by atoms with Crippen molar-refractivity contribution in [1.29, 1.82) is 0 Å². The minimum Gasteiger partial charge on any atom is -0.496 e. The minimum absolute atomic E-state index is 0.0619. The molecule has 1 aromatic heterocycles. The number of nitro groups is 1. The fourth-order valence-corrected chi connectivity index (χ4v) is 6.18. The first-order valence-electron chi connectivity index (χ1n) is 16.6. The first-order chi connectivity index (χ1) is 24.5. The van der Waals surface area contributed by atoms with Gasteiger partial charge in [0.25, 0.3) is 0 Å². The van der Waals surface area contributed by atoms with Gasteiger partial charge in [-0.15, -0.1) is 0 Å². The SMILES string of the molecule is COc1cc(CO[C@H]2CNC[C@@H](OC[C@H](O)Cn3cncn3)[C@@H]2c2ccc(OCCCOc3ccccc3[N+](=O)[O-])cc2)cc2ccccc12. The van der Waals surface area contributed by atoms with E-state index in [0.717, 1.165) is 27.6 Å². The molecule has 0 unspecified atom stereocenters. The molecule has 2 N–H and O–H groups in total. The largest absolute Gasteiger partial charge is 0.496 e. The van der Waals surface area contributed by atoms with Crippen LogP contribution in [0.2, 0.25) is 0 Å². The lowest BCUT2D eigenvalue weighted by Crippen LogP contribution is -2.51. The van der Waals surface area contributed by atoms with Crippen LogP contribution in [0.15, 0.2) is 97.6 Å². The fourth-order valence-electron chi connectivity index (χ4n) is 6.18. The predicted molar refractivity (Wildman–Crippen MR) is 186 cm³/mol. The molecule has 0 bridgehead atoms. The number of nitrogens with zero attached hydrogens (tertiary/aromatic N) is 4. The summed E-state index contributed by atoms with van der Waals surface area (Å²) in [7, 11) is 1.67. The maximum absolute atomic E-state index is 11.2. The van der Waals surface area contributed by atoms with Gasteiger partial charge in [0.05, 0.1) is 63.3 Å². The van der Waals surface area contributed by atoms with Gasteiger partial charge in [-0.2, -0.15) is 5.10 Å². The molecule has 4 atom stereocenters. The summed E-state index contributed by atoms with van der Waals surface area (Å²) < 4.78 is 31.8. The van der Waals surface area contributed by atoms with Gasteiger partial charge < -0.3 is 34.1 Å². The van der Waals surface area contributed by atoms with Crippen LogP contribution < -0.4 is 19.5 Å². The van der Waals surface area contributed by atoms with E-state index in [0.29, 0.717) is 38.5 Å². The topological polar surface area (TPSA) is 152 Å². The molecule has 2 heterocycles. The average Bonchev–Trinajstić information content (AvgIpc) is 3.66.